The molecule has 0 saturated carbocycles. The van der Waals surface area contributed by atoms with Gasteiger partial charge in [0.25, 0.3) is 0 Å². The third kappa shape index (κ3) is 4.96. The van der Waals surface area contributed by atoms with Crippen LogP contribution >= 0.6 is 0 Å². The van der Waals surface area contributed by atoms with Gasteiger partial charge in [0.1, 0.15) is 6.42 Å². The average Bonchev–Trinajstić information content (AvgIpc) is 3.08. The van der Waals surface area contributed by atoms with Gasteiger partial charge in [-0.1, -0.05) is 19.9 Å². The fraction of sp³-hybridized carbons (Fsp3) is 0.556. The van der Waals surface area contributed by atoms with E-state index in [1.807, 2.05) is 38.2 Å². The van der Waals surface area contributed by atoms with Crippen LogP contribution in [0.1, 0.15) is 32.1 Å². The zero-order valence-electron chi connectivity index (χ0n) is 16.2. The quantitative estimate of drug-likeness (QED) is 0.835. The number of hydrogen-bond donors (Lipinski definition) is 1. The lowest BCUT2D eigenvalue weighted by atomic mass is 10.0. The van der Waals surface area contributed by atoms with Crippen molar-refractivity contribution >= 4 is 17.6 Å². The zero-order valence-corrected chi connectivity index (χ0v) is 16.2. The van der Waals surface area contributed by atoms with Gasteiger partial charge in [0.15, 0.2) is 11.5 Å². The Balaban J connectivity index is 1.63. The fourth-order valence-electron chi connectivity index (χ4n) is 3.27. The average molecular weight is 412 g/mol. The van der Waals surface area contributed by atoms with E-state index in [0.29, 0.717) is 11.5 Å². The Morgan fingerprint density at radius 1 is 1.10 bits per heavy atom. The van der Waals surface area contributed by atoms with Gasteiger partial charge in [0, 0.05) is 32.4 Å². The molecule has 158 valence electrons. The molecule has 1 N–H and O–H groups in total. The van der Waals surface area contributed by atoms with Crippen LogP contribution in [0.3, 0.4) is 0 Å². The molecule has 0 radical (unpaired) electrons. The van der Waals surface area contributed by atoms with E-state index in [1.54, 1.807) is 4.40 Å². The van der Waals surface area contributed by atoms with Gasteiger partial charge in [0.2, 0.25) is 5.91 Å². The van der Waals surface area contributed by atoms with Crippen molar-refractivity contribution in [3.8, 4) is 0 Å². The summed E-state index contributed by atoms with van der Waals surface area (Å²) in [5.41, 5.74) is 0.666. The number of amides is 3. The summed E-state index contributed by atoms with van der Waals surface area (Å²) in [6, 6.07) is 4.75. The summed E-state index contributed by atoms with van der Waals surface area (Å²) >= 11 is 0. The number of aromatic nitrogens is 3. The molecule has 3 rings (SSSR count). The van der Waals surface area contributed by atoms with Crippen LogP contribution in [0.4, 0.5) is 18.0 Å². The molecule has 1 aliphatic rings. The molecule has 2 aromatic rings. The maximum atomic E-state index is 12.7. The topological polar surface area (TPSA) is 82.8 Å². The predicted molar refractivity (Wildman–Crippen MR) is 97.9 cm³/mol. The summed E-state index contributed by atoms with van der Waals surface area (Å²) in [6.45, 7) is 4.37. The first-order valence-corrected chi connectivity index (χ1v) is 9.35. The molecule has 0 bridgehead atoms. The van der Waals surface area contributed by atoms with Gasteiger partial charge >= 0.3 is 12.2 Å². The molecule has 0 aliphatic carbocycles. The third-order valence-corrected chi connectivity index (χ3v) is 4.84. The summed E-state index contributed by atoms with van der Waals surface area (Å²) < 4.78 is 39.0. The van der Waals surface area contributed by atoms with E-state index in [1.165, 1.54) is 4.90 Å². The van der Waals surface area contributed by atoms with Crippen LogP contribution in [0, 0.1) is 5.92 Å². The van der Waals surface area contributed by atoms with Crippen LogP contribution in [0.25, 0.3) is 5.65 Å². The van der Waals surface area contributed by atoms with Gasteiger partial charge in [-0.3, -0.25) is 9.20 Å². The number of carbonyl (C=O) groups excluding carboxylic acids is 2. The monoisotopic (exact) mass is 412 g/mol. The second kappa shape index (κ2) is 8.26. The van der Waals surface area contributed by atoms with Crippen LogP contribution in [0.5, 0.6) is 0 Å². The first kappa shape index (κ1) is 20.9. The predicted octanol–water partition coefficient (Wildman–Crippen LogP) is 2.23. The van der Waals surface area contributed by atoms with Crippen LogP contribution in [0.2, 0.25) is 0 Å². The van der Waals surface area contributed by atoms with Gasteiger partial charge in [-0.2, -0.15) is 13.2 Å². The molecular weight excluding hydrogens is 389 g/mol. The van der Waals surface area contributed by atoms with E-state index in [0.717, 1.165) is 4.90 Å². The van der Waals surface area contributed by atoms with Crippen LogP contribution < -0.4 is 5.32 Å². The van der Waals surface area contributed by atoms with Crippen LogP contribution in [-0.2, 0) is 4.79 Å². The Kier molecular flexibility index (Phi) is 5.94. The molecule has 1 saturated heterocycles. The van der Waals surface area contributed by atoms with Gasteiger partial charge in [-0.15, -0.1) is 10.2 Å². The number of alkyl halides is 3. The SMILES string of the molecule is CC(C)C(NC(=O)N1CCN(C(=O)CC(F)(F)F)CC1)c1nnc2ccccn12. The molecule has 2 aromatic heterocycles. The van der Waals surface area contributed by atoms with Crippen LogP contribution in [0.15, 0.2) is 24.4 Å². The normalized spacial score (nSPS) is 16.3. The molecule has 0 spiro atoms. The lowest BCUT2D eigenvalue weighted by Gasteiger charge is -2.36. The number of hydrogen-bond acceptors (Lipinski definition) is 4. The molecule has 1 unspecified atom stereocenters. The standard InChI is InChI=1S/C18H23F3N6O2/c1-12(2)15(16-24-23-13-5-3-4-6-27(13)16)22-17(29)26-9-7-25(8-10-26)14(28)11-18(19,20)21/h3-6,12,15H,7-11H2,1-2H3,(H,22,29). The van der Waals surface area contributed by atoms with Crippen molar-refractivity contribution in [1.82, 2.24) is 29.7 Å². The van der Waals surface area contributed by atoms with Crippen molar-refractivity contribution in [1.29, 1.82) is 0 Å². The second-order valence-corrected chi connectivity index (χ2v) is 7.32. The molecule has 1 fully saturated rings. The van der Waals surface area contributed by atoms with Gasteiger partial charge in [-0.25, -0.2) is 4.79 Å². The number of fused-ring (bicyclic) bond motifs is 1. The largest absolute Gasteiger partial charge is 0.397 e. The first-order chi connectivity index (χ1) is 13.7. The first-order valence-electron chi connectivity index (χ1n) is 9.35. The molecule has 8 nitrogen and oxygen atoms in total. The number of piperazine rings is 1. The minimum absolute atomic E-state index is 0.0289. The lowest BCUT2D eigenvalue weighted by molar-refractivity contribution is -0.162. The van der Waals surface area contributed by atoms with Crippen molar-refractivity contribution in [2.24, 2.45) is 5.92 Å². The van der Waals surface area contributed by atoms with E-state index < -0.39 is 24.5 Å². The Labute approximate surface area is 165 Å². The highest BCUT2D eigenvalue weighted by Crippen LogP contribution is 2.23. The molecular formula is C18H23F3N6O2. The number of carbonyl (C=O) groups is 2. The second-order valence-electron chi connectivity index (χ2n) is 7.32. The van der Waals surface area contributed by atoms with Gasteiger partial charge in [0.05, 0.1) is 6.04 Å². The lowest BCUT2D eigenvalue weighted by Crippen LogP contribution is -2.54. The highest BCUT2D eigenvalue weighted by molar-refractivity contribution is 5.78. The fourth-order valence-corrected chi connectivity index (χ4v) is 3.27. The minimum Gasteiger partial charge on any atom is -0.339 e. The van der Waals surface area contributed by atoms with Gasteiger partial charge < -0.3 is 15.1 Å². The van der Waals surface area contributed by atoms with Crippen LogP contribution in [-0.4, -0.2) is 68.7 Å². The number of rotatable bonds is 4. The number of halogens is 3. The molecule has 3 amide bonds. The van der Waals surface area contributed by atoms with Gasteiger partial charge in [-0.05, 0) is 18.1 Å². The summed E-state index contributed by atoms with van der Waals surface area (Å²) in [5.74, 6) is -0.336. The zero-order chi connectivity index (χ0) is 21.2. The maximum Gasteiger partial charge on any atom is 0.397 e. The molecule has 0 aromatic carbocycles. The Morgan fingerprint density at radius 3 is 2.38 bits per heavy atom. The van der Waals surface area contributed by atoms with E-state index >= 15 is 0 Å². The van der Waals surface area contributed by atoms with Crippen molar-refractivity contribution in [3.63, 3.8) is 0 Å². The highest BCUT2D eigenvalue weighted by atomic mass is 19.4. The molecule has 29 heavy (non-hydrogen) atoms. The number of nitrogens with zero attached hydrogens (tertiary/aromatic N) is 5. The Hall–Kier alpha value is -2.85. The summed E-state index contributed by atoms with van der Waals surface area (Å²) in [4.78, 5) is 27.1. The Morgan fingerprint density at radius 2 is 1.76 bits per heavy atom. The molecule has 11 heteroatoms. The van der Waals surface area contributed by atoms with E-state index in [2.05, 4.69) is 15.5 Å². The molecule has 3 heterocycles. The summed E-state index contributed by atoms with van der Waals surface area (Å²) in [7, 11) is 0. The summed E-state index contributed by atoms with van der Waals surface area (Å²) in [6.07, 6.45) is -4.19. The van der Waals surface area contributed by atoms with Crippen molar-refractivity contribution in [3.05, 3.63) is 30.2 Å². The Bertz CT molecular complexity index is 874. The minimum atomic E-state index is -4.53. The van der Waals surface area contributed by atoms with E-state index in [4.69, 9.17) is 0 Å². The third-order valence-electron chi connectivity index (χ3n) is 4.84. The van der Waals surface area contributed by atoms with Crippen molar-refractivity contribution in [2.75, 3.05) is 26.2 Å². The number of pyridine rings is 1. The van der Waals surface area contributed by atoms with Crippen molar-refractivity contribution < 1.29 is 22.8 Å². The molecule has 1 aliphatic heterocycles. The maximum absolute atomic E-state index is 12.7. The van der Waals surface area contributed by atoms with Crippen molar-refractivity contribution in [2.45, 2.75) is 32.5 Å². The summed E-state index contributed by atoms with van der Waals surface area (Å²) in [5, 5.41) is 11.3. The number of nitrogens with one attached hydrogen (secondary N) is 1. The van der Waals surface area contributed by atoms with E-state index in [9.17, 15) is 22.8 Å². The molecule has 1 atom stereocenters. The smallest absolute Gasteiger partial charge is 0.339 e. The van der Waals surface area contributed by atoms with E-state index in [-0.39, 0.29) is 38.1 Å². The number of urea groups is 1. The highest BCUT2D eigenvalue weighted by Gasteiger charge is 2.35.